The van der Waals surface area contributed by atoms with Crippen molar-refractivity contribution in [2.24, 2.45) is 0 Å². The third-order valence-electron chi connectivity index (χ3n) is 2.29. The van der Waals surface area contributed by atoms with Gasteiger partial charge in [0.1, 0.15) is 11.5 Å². The first-order valence-electron chi connectivity index (χ1n) is 5.30. The van der Waals surface area contributed by atoms with Crippen LogP contribution in [-0.4, -0.2) is 30.5 Å². The number of anilines is 1. The first-order valence-corrected chi connectivity index (χ1v) is 5.30. The molecule has 92 valence electrons. The molecule has 0 radical (unpaired) electrons. The normalized spacial score (nSPS) is 9.76. The summed E-state index contributed by atoms with van der Waals surface area (Å²) in [6.45, 7) is 1.81. The van der Waals surface area contributed by atoms with Crippen LogP contribution in [0.25, 0.3) is 0 Å². The van der Waals surface area contributed by atoms with Gasteiger partial charge in [-0.05, 0) is 31.2 Å². The second-order valence-electron chi connectivity index (χ2n) is 3.76. The van der Waals surface area contributed by atoms with Crippen molar-refractivity contribution in [3.05, 3.63) is 24.3 Å². The lowest BCUT2D eigenvalue weighted by atomic mass is 10.3. The topological polar surface area (TPSA) is 69.6 Å². The summed E-state index contributed by atoms with van der Waals surface area (Å²) in [5.74, 6) is 0.191. The highest BCUT2D eigenvalue weighted by Crippen LogP contribution is 2.16. The summed E-state index contributed by atoms with van der Waals surface area (Å²) in [5, 5.41) is 11.8. The molecule has 0 heterocycles. The van der Waals surface area contributed by atoms with Gasteiger partial charge >= 0.3 is 6.03 Å². The maximum atomic E-state index is 11.7. The number of Topliss-reactive ketones (excluding diaryl/α,β-unsaturated/α-hetero) is 1. The second-order valence-corrected chi connectivity index (χ2v) is 3.76. The van der Waals surface area contributed by atoms with E-state index in [-0.39, 0.29) is 17.6 Å². The van der Waals surface area contributed by atoms with Crippen LogP contribution < -0.4 is 10.2 Å². The lowest BCUT2D eigenvalue weighted by Gasteiger charge is -2.17. The van der Waals surface area contributed by atoms with Gasteiger partial charge in [0.25, 0.3) is 0 Å². The lowest BCUT2D eigenvalue weighted by molar-refractivity contribution is -0.116. The molecule has 2 amide bonds. The van der Waals surface area contributed by atoms with E-state index in [0.29, 0.717) is 18.7 Å². The molecule has 1 rings (SSSR count). The molecular formula is C12H16N2O3. The molecule has 17 heavy (non-hydrogen) atoms. The molecule has 0 spiro atoms. The predicted octanol–water partition coefficient (Wildman–Crippen LogP) is 1.52. The minimum absolute atomic E-state index is 0.0394. The zero-order valence-corrected chi connectivity index (χ0v) is 9.93. The Morgan fingerprint density at radius 1 is 1.29 bits per heavy atom. The largest absolute Gasteiger partial charge is 0.508 e. The quantitative estimate of drug-likeness (QED) is 0.832. The van der Waals surface area contributed by atoms with Crippen molar-refractivity contribution in [1.82, 2.24) is 5.32 Å². The summed E-state index contributed by atoms with van der Waals surface area (Å²) in [5.41, 5.74) is 0.670. The number of carbonyl (C=O) groups is 2. The minimum atomic E-state index is -0.281. The van der Waals surface area contributed by atoms with Crippen LogP contribution in [0.3, 0.4) is 0 Å². The minimum Gasteiger partial charge on any atom is -0.508 e. The zero-order valence-electron chi connectivity index (χ0n) is 9.93. The number of amides is 2. The van der Waals surface area contributed by atoms with Crippen molar-refractivity contribution < 1.29 is 14.7 Å². The molecular weight excluding hydrogens is 220 g/mol. The Morgan fingerprint density at radius 3 is 2.41 bits per heavy atom. The Kier molecular flexibility index (Phi) is 4.51. The molecule has 1 aromatic rings. The number of nitrogens with one attached hydrogen (secondary N) is 1. The number of ketones is 1. The van der Waals surface area contributed by atoms with Gasteiger partial charge in [0.15, 0.2) is 0 Å². The smallest absolute Gasteiger partial charge is 0.321 e. The SMILES string of the molecule is CC(=O)CCNC(=O)N(C)c1ccc(O)cc1. The lowest BCUT2D eigenvalue weighted by Crippen LogP contribution is -2.38. The summed E-state index contributed by atoms with van der Waals surface area (Å²) in [7, 11) is 1.62. The number of rotatable bonds is 4. The van der Waals surface area contributed by atoms with Gasteiger partial charge in [-0.15, -0.1) is 0 Å². The highest BCUT2D eigenvalue weighted by Gasteiger charge is 2.09. The fourth-order valence-corrected chi connectivity index (χ4v) is 1.26. The van der Waals surface area contributed by atoms with E-state index in [1.54, 1.807) is 19.2 Å². The highest BCUT2D eigenvalue weighted by atomic mass is 16.3. The molecule has 1 aromatic carbocycles. The molecule has 0 fully saturated rings. The number of urea groups is 1. The van der Waals surface area contributed by atoms with Crippen molar-refractivity contribution in [1.29, 1.82) is 0 Å². The molecule has 0 aliphatic carbocycles. The van der Waals surface area contributed by atoms with Gasteiger partial charge < -0.3 is 10.4 Å². The maximum absolute atomic E-state index is 11.7. The molecule has 5 nitrogen and oxygen atoms in total. The molecule has 0 bridgehead atoms. The van der Waals surface area contributed by atoms with Gasteiger partial charge in [0, 0.05) is 25.7 Å². The van der Waals surface area contributed by atoms with Crippen LogP contribution >= 0.6 is 0 Å². The van der Waals surface area contributed by atoms with Crippen molar-refractivity contribution in [3.8, 4) is 5.75 Å². The third-order valence-corrected chi connectivity index (χ3v) is 2.29. The van der Waals surface area contributed by atoms with E-state index in [2.05, 4.69) is 5.32 Å². The summed E-state index contributed by atoms with van der Waals surface area (Å²) in [6, 6.07) is 6.01. The Labute approximate surface area is 100 Å². The van der Waals surface area contributed by atoms with E-state index in [1.807, 2.05) is 0 Å². The van der Waals surface area contributed by atoms with Gasteiger partial charge in [-0.25, -0.2) is 4.79 Å². The van der Waals surface area contributed by atoms with E-state index in [9.17, 15) is 9.59 Å². The van der Waals surface area contributed by atoms with Crippen LogP contribution in [0.5, 0.6) is 5.75 Å². The number of benzene rings is 1. The fraction of sp³-hybridized carbons (Fsp3) is 0.333. The molecule has 0 aromatic heterocycles. The Bertz CT molecular complexity index is 401. The van der Waals surface area contributed by atoms with E-state index < -0.39 is 0 Å². The van der Waals surface area contributed by atoms with Crippen LogP contribution in [0.4, 0.5) is 10.5 Å². The maximum Gasteiger partial charge on any atom is 0.321 e. The number of hydrogen-bond acceptors (Lipinski definition) is 3. The summed E-state index contributed by atoms with van der Waals surface area (Å²) in [6.07, 6.45) is 0.329. The molecule has 0 saturated carbocycles. The molecule has 0 saturated heterocycles. The molecule has 5 heteroatoms. The average molecular weight is 236 g/mol. The molecule has 0 aliphatic heterocycles. The monoisotopic (exact) mass is 236 g/mol. The van der Waals surface area contributed by atoms with Crippen molar-refractivity contribution in [3.63, 3.8) is 0 Å². The van der Waals surface area contributed by atoms with Gasteiger partial charge in [-0.2, -0.15) is 0 Å². The Balaban J connectivity index is 2.51. The van der Waals surface area contributed by atoms with Gasteiger partial charge in [-0.3, -0.25) is 9.69 Å². The highest BCUT2D eigenvalue weighted by molar-refractivity contribution is 5.91. The van der Waals surface area contributed by atoms with Crippen LogP contribution in [0, 0.1) is 0 Å². The van der Waals surface area contributed by atoms with E-state index in [0.717, 1.165) is 0 Å². The summed E-state index contributed by atoms with van der Waals surface area (Å²) < 4.78 is 0. The van der Waals surface area contributed by atoms with Gasteiger partial charge in [-0.1, -0.05) is 0 Å². The summed E-state index contributed by atoms with van der Waals surface area (Å²) >= 11 is 0. The number of phenolic OH excluding ortho intramolecular Hbond substituents is 1. The molecule has 0 aliphatic rings. The van der Waals surface area contributed by atoms with E-state index in [1.165, 1.54) is 24.0 Å². The standard InChI is InChI=1S/C12H16N2O3/c1-9(15)7-8-13-12(17)14(2)10-3-5-11(16)6-4-10/h3-6,16H,7-8H2,1-2H3,(H,13,17). The Morgan fingerprint density at radius 2 is 1.88 bits per heavy atom. The number of phenols is 1. The van der Waals surface area contributed by atoms with Crippen molar-refractivity contribution in [2.75, 3.05) is 18.5 Å². The van der Waals surface area contributed by atoms with Gasteiger partial charge in [0.05, 0.1) is 0 Å². The van der Waals surface area contributed by atoms with Gasteiger partial charge in [0.2, 0.25) is 0 Å². The zero-order chi connectivity index (χ0) is 12.8. The van der Waals surface area contributed by atoms with Crippen molar-refractivity contribution >= 4 is 17.5 Å². The number of carbonyl (C=O) groups excluding carboxylic acids is 2. The third kappa shape index (κ3) is 4.14. The van der Waals surface area contributed by atoms with Crippen LogP contribution in [0.15, 0.2) is 24.3 Å². The first kappa shape index (κ1) is 13.0. The fourth-order valence-electron chi connectivity index (χ4n) is 1.26. The summed E-state index contributed by atoms with van der Waals surface area (Å²) in [4.78, 5) is 23.8. The van der Waals surface area contributed by atoms with E-state index in [4.69, 9.17) is 5.11 Å². The number of hydrogen-bond donors (Lipinski definition) is 2. The van der Waals surface area contributed by atoms with Crippen molar-refractivity contribution in [2.45, 2.75) is 13.3 Å². The molecule has 0 atom stereocenters. The molecule has 0 unspecified atom stereocenters. The predicted molar refractivity (Wildman–Crippen MR) is 65.2 cm³/mol. The van der Waals surface area contributed by atoms with E-state index >= 15 is 0 Å². The first-order chi connectivity index (χ1) is 8.00. The number of nitrogens with zero attached hydrogens (tertiary/aromatic N) is 1. The van der Waals surface area contributed by atoms with Crippen LogP contribution in [-0.2, 0) is 4.79 Å². The number of aromatic hydroxyl groups is 1. The van der Waals surface area contributed by atoms with Crippen LogP contribution in [0.1, 0.15) is 13.3 Å². The van der Waals surface area contributed by atoms with Crippen LogP contribution in [0.2, 0.25) is 0 Å². The second kappa shape index (κ2) is 5.89. The average Bonchev–Trinajstić information content (AvgIpc) is 2.28. The Hall–Kier alpha value is -2.04. The molecule has 2 N–H and O–H groups in total.